The van der Waals surface area contributed by atoms with Crippen LogP contribution in [-0.4, -0.2) is 31.7 Å². The van der Waals surface area contributed by atoms with Crippen molar-refractivity contribution in [1.29, 1.82) is 0 Å². The van der Waals surface area contributed by atoms with Gasteiger partial charge in [0.1, 0.15) is 0 Å². The molecule has 0 saturated carbocycles. The van der Waals surface area contributed by atoms with E-state index in [9.17, 15) is 13.2 Å². The molecule has 0 bridgehead atoms. The number of benzene rings is 3. The van der Waals surface area contributed by atoms with Crippen LogP contribution in [0.4, 0.5) is 0 Å². The number of nitrogens with zero attached hydrogens (tertiary/aromatic N) is 1. The SMILES string of the molecule is O=C(NCc1cccc2ccccc12)[C@H]1CCCN(S(=O)(=O)Cc2ccc(Cl)c(Cl)c2)C1. The molecule has 1 fully saturated rings. The summed E-state index contributed by atoms with van der Waals surface area (Å²) >= 11 is 11.9. The molecule has 3 aromatic rings. The Morgan fingerprint density at radius 3 is 2.62 bits per heavy atom. The highest BCUT2D eigenvalue weighted by Crippen LogP contribution is 2.26. The zero-order valence-electron chi connectivity index (χ0n) is 17.4. The molecule has 1 aliphatic rings. The first-order valence-electron chi connectivity index (χ1n) is 10.5. The molecule has 0 spiro atoms. The van der Waals surface area contributed by atoms with Crippen molar-refractivity contribution >= 4 is 49.9 Å². The summed E-state index contributed by atoms with van der Waals surface area (Å²) in [5.41, 5.74) is 1.61. The van der Waals surface area contributed by atoms with Crippen LogP contribution >= 0.6 is 23.2 Å². The average Bonchev–Trinajstić information content (AvgIpc) is 2.80. The van der Waals surface area contributed by atoms with Gasteiger partial charge in [-0.15, -0.1) is 0 Å². The fourth-order valence-corrected chi connectivity index (χ4v) is 6.03. The summed E-state index contributed by atoms with van der Waals surface area (Å²) in [5, 5.41) is 5.93. The van der Waals surface area contributed by atoms with Crippen molar-refractivity contribution < 1.29 is 13.2 Å². The Labute approximate surface area is 198 Å². The van der Waals surface area contributed by atoms with Crippen LogP contribution in [0.2, 0.25) is 10.0 Å². The fourth-order valence-electron chi connectivity index (χ4n) is 4.11. The molecule has 0 unspecified atom stereocenters. The molecule has 0 aromatic heterocycles. The number of hydrogen-bond acceptors (Lipinski definition) is 3. The maximum atomic E-state index is 13.0. The fraction of sp³-hybridized carbons (Fsp3) is 0.292. The molecule has 3 aromatic carbocycles. The van der Waals surface area contributed by atoms with E-state index in [0.717, 1.165) is 16.3 Å². The Morgan fingerprint density at radius 1 is 1.03 bits per heavy atom. The molecule has 1 atom stereocenters. The Morgan fingerprint density at radius 2 is 1.81 bits per heavy atom. The number of amides is 1. The lowest BCUT2D eigenvalue weighted by molar-refractivity contribution is -0.126. The molecule has 168 valence electrons. The minimum atomic E-state index is -3.58. The van der Waals surface area contributed by atoms with E-state index in [1.165, 1.54) is 4.31 Å². The highest BCUT2D eigenvalue weighted by molar-refractivity contribution is 7.88. The van der Waals surface area contributed by atoms with Gasteiger partial charge in [0, 0.05) is 19.6 Å². The second kappa shape index (κ2) is 9.79. The van der Waals surface area contributed by atoms with Crippen molar-refractivity contribution in [3.8, 4) is 0 Å². The number of fused-ring (bicyclic) bond motifs is 1. The van der Waals surface area contributed by atoms with Crippen LogP contribution in [0, 0.1) is 5.92 Å². The van der Waals surface area contributed by atoms with Crippen molar-refractivity contribution in [1.82, 2.24) is 9.62 Å². The van der Waals surface area contributed by atoms with Crippen molar-refractivity contribution in [3.63, 3.8) is 0 Å². The van der Waals surface area contributed by atoms with Gasteiger partial charge in [0.05, 0.1) is 21.7 Å². The van der Waals surface area contributed by atoms with E-state index < -0.39 is 10.0 Å². The van der Waals surface area contributed by atoms with Crippen LogP contribution in [0.3, 0.4) is 0 Å². The average molecular weight is 491 g/mol. The molecule has 1 amide bonds. The smallest absolute Gasteiger partial charge is 0.224 e. The van der Waals surface area contributed by atoms with Crippen molar-refractivity contribution in [2.24, 2.45) is 5.92 Å². The first-order valence-corrected chi connectivity index (χ1v) is 12.9. The zero-order chi connectivity index (χ0) is 22.7. The van der Waals surface area contributed by atoms with Crippen LogP contribution in [0.15, 0.2) is 60.7 Å². The first-order chi connectivity index (χ1) is 15.3. The molecule has 1 N–H and O–H groups in total. The largest absolute Gasteiger partial charge is 0.352 e. The Hall–Kier alpha value is -2.12. The summed E-state index contributed by atoms with van der Waals surface area (Å²) in [5.74, 6) is -0.663. The van der Waals surface area contributed by atoms with Gasteiger partial charge in [-0.1, -0.05) is 71.7 Å². The summed E-state index contributed by atoms with van der Waals surface area (Å²) < 4.78 is 27.3. The molecular formula is C24H24Cl2N2O3S. The molecule has 32 heavy (non-hydrogen) atoms. The Balaban J connectivity index is 1.40. The maximum absolute atomic E-state index is 13.0. The van der Waals surface area contributed by atoms with Gasteiger partial charge >= 0.3 is 0 Å². The third kappa shape index (κ3) is 5.26. The van der Waals surface area contributed by atoms with Crippen molar-refractivity contribution in [2.45, 2.75) is 25.1 Å². The number of carbonyl (C=O) groups excluding carboxylic acids is 1. The van der Waals surface area contributed by atoms with E-state index in [1.54, 1.807) is 18.2 Å². The van der Waals surface area contributed by atoms with Gasteiger partial charge in [-0.25, -0.2) is 12.7 Å². The van der Waals surface area contributed by atoms with Crippen LogP contribution in [0.1, 0.15) is 24.0 Å². The molecule has 1 aliphatic heterocycles. The normalized spacial score (nSPS) is 17.4. The van der Waals surface area contributed by atoms with Crippen molar-refractivity contribution in [2.75, 3.05) is 13.1 Å². The van der Waals surface area contributed by atoms with Gasteiger partial charge in [-0.05, 0) is 46.9 Å². The van der Waals surface area contributed by atoms with E-state index in [2.05, 4.69) is 5.32 Å². The Bertz CT molecular complexity index is 1240. The Kier molecular flexibility index (Phi) is 7.05. The number of rotatable bonds is 6. The van der Waals surface area contributed by atoms with Gasteiger partial charge in [0.2, 0.25) is 15.9 Å². The molecule has 1 saturated heterocycles. The minimum Gasteiger partial charge on any atom is -0.352 e. The lowest BCUT2D eigenvalue weighted by atomic mass is 9.98. The predicted octanol–water partition coefficient (Wildman–Crippen LogP) is 5.00. The molecular weight excluding hydrogens is 467 g/mol. The molecule has 5 nitrogen and oxygen atoms in total. The van der Waals surface area contributed by atoms with E-state index in [1.807, 2.05) is 42.5 Å². The second-order valence-electron chi connectivity index (χ2n) is 8.06. The second-order valence-corrected chi connectivity index (χ2v) is 10.8. The van der Waals surface area contributed by atoms with E-state index in [-0.39, 0.29) is 24.1 Å². The van der Waals surface area contributed by atoms with E-state index in [0.29, 0.717) is 41.5 Å². The number of hydrogen-bond donors (Lipinski definition) is 1. The highest BCUT2D eigenvalue weighted by atomic mass is 35.5. The third-order valence-corrected chi connectivity index (χ3v) is 8.37. The summed E-state index contributed by atoms with van der Waals surface area (Å²) in [4.78, 5) is 12.9. The number of halogens is 2. The zero-order valence-corrected chi connectivity index (χ0v) is 19.8. The van der Waals surface area contributed by atoms with Crippen LogP contribution in [0.25, 0.3) is 10.8 Å². The highest BCUT2D eigenvalue weighted by Gasteiger charge is 2.32. The van der Waals surface area contributed by atoms with Gasteiger partial charge in [-0.2, -0.15) is 0 Å². The summed E-state index contributed by atoms with van der Waals surface area (Å²) in [6, 6.07) is 18.9. The van der Waals surface area contributed by atoms with Gasteiger partial charge < -0.3 is 5.32 Å². The minimum absolute atomic E-state index is 0.118. The number of piperidine rings is 1. The number of sulfonamides is 1. The first kappa shape index (κ1) is 23.1. The maximum Gasteiger partial charge on any atom is 0.224 e. The van der Waals surface area contributed by atoms with Gasteiger partial charge in [-0.3, -0.25) is 4.79 Å². The van der Waals surface area contributed by atoms with Gasteiger partial charge in [0.15, 0.2) is 0 Å². The number of nitrogens with one attached hydrogen (secondary N) is 1. The summed E-state index contributed by atoms with van der Waals surface area (Å²) in [6.45, 7) is 1.01. The quantitative estimate of drug-likeness (QED) is 0.528. The predicted molar refractivity (Wildman–Crippen MR) is 129 cm³/mol. The molecule has 4 rings (SSSR count). The molecule has 8 heteroatoms. The van der Waals surface area contributed by atoms with Crippen LogP contribution in [0.5, 0.6) is 0 Å². The topological polar surface area (TPSA) is 66.5 Å². The number of carbonyl (C=O) groups is 1. The van der Waals surface area contributed by atoms with E-state index >= 15 is 0 Å². The lowest BCUT2D eigenvalue weighted by Gasteiger charge is -2.31. The third-order valence-electron chi connectivity index (χ3n) is 5.81. The molecule has 1 heterocycles. The molecule has 0 aliphatic carbocycles. The summed E-state index contributed by atoms with van der Waals surface area (Å²) in [7, 11) is -3.58. The van der Waals surface area contributed by atoms with Crippen LogP contribution in [-0.2, 0) is 27.1 Å². The summed E-state index contributed by atoms with van der Waals surface area (Å²) in [6.07, 6.45) is 1.31. The van der Waals surface area contributed by atoms with Crippen LogP contribution < -0.4 is 5.32 Å². The molecule has 0 radical (unpaired) electrons. The van der Waals surface area contributed by atoms with Crippen molar-refractivity contribution in [3.05, 3.63) is 81.8 Å². The standard InChI is InChI=1S/C24H24Cl2N2O3S/c25-22-11-10-17(13-23(22)26)16-32(30,31)28-12-4-8-20(15-28)24(29)27-14-19-7-3-6-18-5-1-2-9-21(18)19/h1-3,5-7,9-11,13,20H,4,8,12,14-16H2,(H,27,29)/t20-/m0/s1. The van der Waals surface area contributed by atoms with E-state index in [4.69, 9.17) is 23.2 Å². The van der Waals surface area contributed by atoms with Gasteiger partial charge in [0.25, 0.3) is 0 Å². The lowest BCUT2D eigenvalue weighted by Crippen LogP contribution is -2.45. The monoisotopic (exact) mass is 490 g/mol.